The molecule has 0 rings (SSSR count). The molecule has 0 aliphatic heterocycles. The average molecular weight is 863 g/mol. The molecule has 362 valence electrons. The first-order valence-corrected chi connectivity index (χ1v) is 27.4. The van der Waals surface area contributed by atoms with Gasteiger partial charge in [-0.1, -0.05) is 272 Å². The summed E-state index contributed by atoms with van der Waals surface area (Å²) in [6, 6.07) is 0. The van der Waals surface area contributed by atoms with Crippen molar-refractivity contribution in [3.63, 3.8) is 0 Å². The molecule has 0 N–H and O–H groups in total. The zero-order valence-electron chi connectivity index (χ0n) is 41.6. The van der Waals surface area contributed by atoms with Gasteiger partial charge in [-0.2, -0.15) is 0 Å². The standard InChI is InChI=1S/C55H106O6/c1-5-7-9-11-13-15-17-19-20-21-22-24-26-32-36-40-44-48-55(58)61-52(49-59-53(56)46-42-38-34-30-25-23-18-16-14-12-10-8-6-2)50-60-54(57)47-43-39-35-31-28-27-29-33-37-41-45-51(3)4/h51-52H,5-50H2,1-4H3/t52-/m0/s1. The van der Waals surface area contributed by atoms with Gasteiger partial charge in [-0.3, -0.25) is 14.4 Å². The molecule has 0 heterocycles. The molecule has 0 radical (unpaired) electrons. The summed E-state index contributed by atoms with van der Waals surface area (Å²) in [7, 11) is 0. The Bertz CT molecular complexity index is 918. The van der Waals surface area contributed by atoms with E-state index in [0.717, 1.165) is 63.7 Å². The molecular formula is C55H106O6. The third kappa shape index (κ3) is 49.3. The van der Waals surface area contributed by atoms with Crippen LogP contribution >= 0.6 is 0 Å². The summed E-state index contributed by atoms with van der Waals surface area (Å²) in [6.07, 6.45) is 52.3. The first-order valence-electron chi connectivity index (χ1n) is 27.4. The van der Waals surface area contributed by atoms with Crippen molar-refractivity contribution < 1.29 is 28.6 Å². The van der Waals surface area contributed by atoms with Gasteiger partial charge in [0.25, 0.3) is 0 Å². The summed E-state index contributed by atoms with van der Waals surface area (Å²) < 4.78 is 16.8. The first-order chi connectivity index (χ1) is 29.9. The van der Waals surface area contributed by atoms with E-state index in [-0.39, 0.29) is 31.1 Å². The number of ether oxygens (including phenoxy) is 3. The van der Waals surface area contributed by atoms with Gasteiger partial charge in [0, 0.05) is 19.3 Å². The van der Waals surface area contributed by atoms with Crippen molar-refractivity contribution >= 4 is 17.9 Å². The lowest BCUT2D eigenvalue weighted by molar-refractivity contribution is -0.167. The van der Waals surface area contributed by atoms with E-state index in [1.54, 1.807) is 0 Å². The summed E-state index contributed by atoms with van der Waals surface area (Å²) in [5.41, 5.74) is 0. The molecule has 6 heteroatoms. The van der Waals surface area contributed by atoms with Crippen LogP contribution in [0.2, 0.25) is 0 Å². The highest BCUT2D eigenvalue weighted by atomic mass is 16.6. The number of carbonyl (C=O) groups is 3. The smallest absolute Gasteiger partial charge is 0.306 e. The molecule has 0 amide bonds. The van der Waals surface area contributed by atoms with Crippen LogP contribution in [-0.2, 0) is 28.6 Å². The minimum absolute atomic E-state index is 0.0624. The topological polar surface area (TPSA) is 78.9 Å². The van der Waals surface area contributed by atoms with Crippen LogP contribution in [0.5, 0.6) is 0 Å². The highest BCUT2D eigenvalue weighted by Gasteiger charge is 2.19. The Kier molecular flexibility index (Phi) is 48.1. The number of hydrogen-bond acceptors (Lipinski definition) is 6. The summed E-state index contributed by atoms with van der Waals surface area (Å²) >= 11 is 0. The second-order valence-corrected chi connectivity index (χ2v) is 19.3. The molecule has 1 atom stereocenters. The minimum Gasteiger partial charge on any atom is -0.462 e. The molecule has 0 aliphatic carbocycles. The summed E-state index contributed by atoms with van der Waals surface area (Å²) in [5, 5.41) is 0. The Morgan fingerprint density at radius 2 is 0.541 bits per heavy atom. The van der Waals surface area contributed by atoms with Gasteiger partial charge in [0.15, 0.2) is 6.10 Å². The van der Waals surface area contributed by atoms with Crippen LogP contribution in [0.1, 0.15) is 310 Å². The summed E-state index contributed by atoms with van der Waals surface area (Å²) in [5.74, 6) is -0.0218. The first kappa shape index (κ1) is 59.4. The SMILES string of the molecule is CCCCCCCCCCCCCCCCCCCC(=O)O[C@@H](COC(=O)CCCCCCCCCCCCCCC)COC(=O)CCCCCCCCCCCCC(C)C. The number of esters is 3. The minimum atomic E-state index is -0.761. The third-order valence-corrected chi connectivity index (χ3v) is 12.5. The van der Waals surface area contributed by atoms with E-state index >= 15 is 0 Å². The van der Waals surface area contributed by atoms with E-state index in [9.17, 15) is 14.4 Å². The number of carbonyl (C=O) groups excluding carboxylic acids is 3. The van der Waals surface area contributed by atoms with E-state index in [2.05, 4.69) is 27.7 Å². The zero-order chi connectivity index (χ0) is 44.5. The van der Waals surface area contributed by atoms with Crippen LogP contribution in [0.4, 0.5) is 0 Å². The fourth-order valence-corrected chi connectivity index (χ4v) is 8.39. The third-order valence-electron chi connectivity index (χ3n) is 12.5. The highest BCUT2D eigenvalue weighted by Crippen LogP contribution is 2.17. The Morgan fingerprint density at radius 1 is 0.311 bits per heavy atom. The largest absolute Gasteiger partial charge is 0.462 e. The molecule has 0 aliphatic rings. The van der Waals surface area contributed by atoms with Crippen LogP contribution in [-0.4, -0.2) is 37.2 Å². The predicted molar refractivity (Wildman–Crippen MR) is 261 cm³/mol. The fourth-order valence-electron chi connectivity index (χ4n) is 8.39. The van der Waals surface area contributed by atoms with Gasteiger partial charge in [0.2, 0.25) is 0 Å². The molecule has 6 nitrogen and oxygen atoms in total. The van der Waals surface area contributed by atoms with Crippen LogP contribution in [0, 0.1) is 5.92 Å². The van der Waals surface area contributed by atoms with Crippen molar-refractivity contribution in [1.82, 2.24) is 0 Å². The fraction of sp³-hybridized carbons (Fsp3) is 0.945. The second-order valence-electron chi connectivity index (χ2n) is 19.3. The molecule has 0 spiro atoms. The maximum Gasteiger partial charge on any atom is 0.306 e. The lowest BCUT2D eigenvalue weighted by Crippen LogP contribution is -2.30. The van der Waals surface area contributed by atoms with E-state index < -0.39 is 6.10 Å². The van der Waals surface area contributed by atoms with Gasteiger partial charge in [-0.25, -0.2) is 0 Å². The van der Waals surface area contributed by atoms with Gasteiger partial charge in [-0.05, 0) is 25.2 Å². The van der Waals surface area contributed by atoms with Crippen molar-refractivity contribution in [2.75, 3.05) is 13.2 Å². The normalized spacial score (nSPS) is 12.0. The summed E-state index contributed by atoms with van der Waals surface area (Å²) in [6.45, 7) is 9.03. The van der Waals surface area contributed by atoms with Crippen LogP contribution in [0.3, 0.4) is 0 Å². The highest BCUT2D eigenvalue weighted by molar-refractivity contribution is 5.71. The molecule has 61 heavy (non-hydrogen) atoms. The Labute approximate surface area is 380 Å². The van der Waals surface area contributed by atoms with E-state index in [1.807, 2.05) is 0 Å². The quantitative estimate of drug-likeness (QED) is 0.0344. The molecule has 0 aromatic carbocycles. The van der Waals surface area contributed by atoms with Gasteiger partial charge in [0.05, 0.1) is 0 Å². The van der Waals surface area contributed by atoms with E-state index in [1.165, 1.54) is 205 Å². The molecule has 0 aromatic rings. The van der Waals surface area contributed by atoms with Crippen molar-refractivity contribution in [3.05, 3.63) is 0 Å². The molecule has 0 saturated heterocycles. The van der Waals surface area contributed by atoms with Gasteiger partial charge in [0.1, 0.15) is 13.2 Å². The van der Waals surface area contributed by atoms with Crippen molar-refractivity contribution in [3.8, 4) is 0 Å². The maximum absolute atomic E-state index is 12.8. The van der Waals surface area contributed by atoms with Gasteiger partial charge < -0.3 is 14.2 Å². The molecular weight excluding hydrogens is 757 g/mol. The lowest BCUT2D eigenvalue weighted by atomic mass is 10.0. The molecule has 0 unspecified atom stereocenters. The van der Waals surface area contributed by atoms with Gasteiger partial charge >= 0.3 is 17.9 Å². The second kappa shape index (κ2) is 49.4. The van der Waals surface area contributed by atoms with Crippen molar-refractivity contribution in [1.29, 1.82) is 0 Å². The monoisotopic (exact) mass is 863 g/mol. The predicted octanol–water partition coefficient (Wildman–Crippen LogP) is 17.8. The Hall–Kier alpha value is -1.59. The summed E-state index contributed by atoms with van der Waals surface area (Å²) in [4.78, 5) is 38.0. The maximum atomic E-state index is 12.8. The van der Waals surface area contributed by atoms with E-state index in [4.69, 9.17) is 14.2 Å². The number of unbranched alkanes of at least 4 members (excludes halogenated alkanes) is 37. The van der Waals surface area contributed by atoms with Crippen LogP contribution in [0.15, 0.2) is 0 Å². The van der Waals surface area contributed by atoms with Crippen molar-refractivity contribution in [2.24, 2.45) is 5.92 Å². The van der Waals surface area contributed by atoms with E-state index in [0.29, 0.717) is 19.3 Å². The Balaban J connectivity index is 4.30. The average Bonchev–Trinajstić information content (AvgIpc) is 3.24. The molecule has 0 saturated carbocycles. The Morgan fingerprint density at radius 3 is 0.803 bits per heavy atom. The zero-order valence-corrected chi connectivity index (χ0v) is 41.6. The van der Waals surface area contributed by atoms with Crippen LogP contribution in [0.25, 0.3) is 0 Å². The number of rotatable bonds is 50. The van der Waals surface area contributed by atoms with Gasteiger partial charge in [-0.15, -0.1) is 0 Å². The number of hydrogen-bond donors (Lipinski definition) is 0. The van der Waals surface area contributed by atoms with Crippen molar-refractivity contribution in [2.45, 2.75) is 316 Å². The van der Waals surface area contributed by atoms with Crippen LogP contribution < -0.4 is 0 Å². The molecule has 0 fully saturated rings. The molecule has 0 aromatic heterocycles. The molecule has 0 bridgehead atoms. The lowest BCUT2D eigenvalue weighted by Gasteiger charge is -2.18.